The molecule has 1 atom stereocenters. The molecule has 0 radical (unpaired) electrons. The number of benzene rings is 1. The topological polar surface area (TPSA) is 65.5 Å². The number of nitrogens with zero attached hydrogens (tertiary/aromatic N) is 3. The molecule has 2 heterocycles. The van der Waals surface area contributed by atoms with Crippen LogP contribution in [0.2, 0.25) is 0 Å². The molecule has 1 unspecified atom stereocenters. The summed E-state index contributed by atoms with van der Waals surface area (Å²) in [5.41, 5.74) is 0.487. The smallest absolute Gasteiger partial charge is 0.236 e. The van der Waals surface area contributed by atoms with Crippen LogP contribution in [0.5, 0.6) is 0 Å². The molecule has 6 nitrogen and oxygen atoms in total. The lowest BCUT2D eigenvalue weighted by atomic mass is 9.97. The quantitative estimate of drug-likeness (QED) is 0.714. The summed E-state index contributed by atoms with van der Waals surface area (Å²) in [6, 6.07) is 10.0. The second-order valence-corrected chi connectivity index (χ2v) is 8.18. The summed E-state index contributed by atoms with van der Waals surface area (Å²) >= 11 is 3.32. The molecule has 3 rings (SSSR count). The maximum Gasteiger partial charge on any atom is 0.236 e. The Morgan fingerprint density at radius 1 is 1.31 bits per heavy atom. The van der Waals surface area contributed by atoms with Crippen molar-refractivity contribution < 1.29 is 14.0 Å². The summed E-state index contributed by atoms with van der Waals surface area (Å²) in [5, 5.41) is 2.84. The molecule has 1 fully saturated rings. The molecule has 1 aromatic heterocycles. The lowest BCUT2D eigenvalue weighted by Gasteiger charge is -2.32. The first kappa shape index (κ1) is 21.4. The Kier molecular flexibility index (Phi) is 7.33. The summed E-state index contributed by atoms with van der Waals surface area (Å²) in [6.45, 7) is 1.71. The second kappa shape index (κ2) is 9.93. The number of carbonyl (C=O) groups is 2. The zero-order chi connectivity index (χ0) is 20.8. The molecule has 0 spiro atoms. The standard InChI is InChI=1S/C21H24BrFN4O2/c1-26(12-15-5-2-3-7-18(15)23)20(28)14-27-10-4-6-16(13-27)21(29)25-19-9-8-17(22)11-24-19/h2-3,5,7-9,11,16H,4,6,10,12-14H2,1H3,(H,24,25,29). The number of nitrogens with one attached hydrogen (secondary N) is 1. The van der Waals surface area contributed by atoms with Crippen LogP contribution in [0, 0.1) is 11.7 Å². The van der Waals surface area contributed by atoms with E-state index in [1.165, 1.54) is 11.0 Å². The SMILES string of the molecule is CN(Cc1ccccc1F)C(=O)CN1CCCC(C(=O)Nc2ccc(Br)cn2)C1. The Morgan fingerprint density at radius 3 is 2.83 bits per heavy atom. The van der Waals surface area contributed by atoms with Crippen LogP contribution in [0.25, 0.3) is 0 Å². The second-order valence-electron chi connectivity index (χ2n) is 7.27. The molecule has 1 aliphatic heterocycles. The van der Waals surface area contributed by atoms with Gasteiger partial charge in [-0.1, -0.05) is 18.2 Å². The van der Waals surface area contributed by atoms with Gasteiger partial charge in [0, 0.05) is 36.4 Å². The number of halogens is 2. The molecule has 2 amide bonds. The van der Waals surface area contributed by atoms with E-state index in [-0.39, 0.29) is 36.6 Å². The van der Waals surface area contributed by atoms with Crippen LogP contribution in [0.1, 0.15) is 18.4 Å². The van der Waals surface area contributed by atoms with Crippen molar-refractivity contribution >= 4 is 33.6 Å². The number of likely N-dealkylation sites (tertiary alicyclic amines) is 1. The highest BCUT2D eigenvalue weighted by atomic mass is 79.9. The first-order valence-corrected chi connectivity index (χ1v) is 10.3. The van der Waals surface area contributed by atoms with E-state index in [2.05, 4.69) is 26.2 Å². The number of rotatable bonds is 6. The minimum absolute atomic E-state index is 0.0864. The van der Waals surface area contributed by atoms with Crippen LogP contribution in [0.3, 0.4) is 0 Å². The van der Waals surface area contributed by atoms with E-state index in [1.54, 1.807) is 37.5 Å². The summed E-state index contributed by atoms with van der Waals surface area (Å²) in [7, 11) is 1.67. The molecule has 29 heavy (non-hydrogen) atoms. The molecule has 154 valence electrons. The van der Waals surface area contributed by atoms with Gasteiger partial charge in [-0.05, 0) is 53.5 Å². The zero-order valence-electron chi connectivity index (χ0n) is 16.3. The summed E-state index contributed by atoms with van der Waals surface area (Å²) in [6.07, 6.45) is 3.25. The van der Waals surface area contributed by atoms with E-state index >= 15 is 0 Å². The molecule has 8 heteroatoms. The van der Waals surface area contributed by atoms with E-state index in [0.29, 0.717) is 17.9 Å². The fourth-order valence-corrected chi connectivity index (χ4v) is 3.61. The van der Waals surface area contributed by atoms with Crippen molar-refractivity contribution in [3.63, 3.8) is 0 Å². The highest BCUT2D eigenvalue weighted by Gasteiger charge is 2.27. The van der Waals surface area contributed by atoms with Gasteiger partial charge in [-0.3, -0.25) is 14.5 Å². The summed E-state index contributed by atoms with van der Waals surface area (Å²) in [4.78, 5) is 32.8. The Labute approximate surface area is 178 Å². The lowest BCUT2D eigenvalue weighted by Crippen LogP contribution is -2.45. The average molecular weight is 463 g/mol. The maximum atomic E-state index is 13.8. The average Bonchev–Trinajstić information content (AvgIpc) is 2.71. The van der Waals surface area contributed by atoms with Crippen LogP contribution in [0.4, 0.5) is 10.2 Å². The molecular weight excluding hydrogens is 439 g/mol. The van der Waals surface area contributed by atoms with Crippen LogP contribution in [-0.4, -0.2) is 53.3 Å². The fraction of sp³-hybridized carbons (Fsp3) is 0.381. The molecule has 0 saturated carbocycles. The minimum Gasteiger partial charge on any atom is -0.340 e. The minimum atomic E-state index is -0.316. The van der Waals surface area contributed by atoms with Crippen LogP contribution in [-0.2, 0) is 16.1 Å². The van der Waals surface area contributed by atoms with Gasteiger partial charge in [-0.15, -0.1) is 0 Å². The van der Waals surface area contributed by atoms with Gasteiger partial charge in [-0.2, -0.15) is 0 Å². The van der Waals surface area contributed by atoms with Crippen molar-refractivity contribution in [1.82, 2.24) is 14.8 Å². The van der Waals surface area contributed by atoms with E-state index < -0.39 is 0 Å². The normalized spacial score (nSPS) is 17.0. The highest BCUT2D eigenvalue weighted by Crippen LogP contribution is 2.19. The third-order valence-corrected chi connectivity index (χ3v) is 5.47. The maximum absolute atomic E-state index is 13.8. The number of hydrogen-bond donors (Lipinski definition) is 1. The van der Waals surface area contributed by atoms with E-state index in [0.717, 1.165) is 23.9 Å². The molecular formula is C21H24BrFN4O2. The molecule has 1 saturated heterocycles. The van der Waals surface area contributed by atoms with Crippen molar-refractivity contribution in [3.05, 3.63) is 58.4 Å². The van der Waals surface area contributed by atoms with Crippen molar-refractivity contribution in [3.8, 4) is 0 Å². The number of anilines is 1. The molecule has 1 N–H and O–H groups in total. The molecule has 1 aromatic carbocycles. The predicted octanol–water partition coefficient (Wildman–Crippen LogP) is 3.29. The van der Waals surface area contributed by atoms with Crippen LogP contribution < -0.4 is 5.32 Å². The first-order chi connectivity index (χ1) is 13.9. The van der Waals surface area contributed by atoms with Gasteiger partial charge in [0.25, 0.3) is 0 Å². The van der Waals surface area contributed by atoms with Gasteiger partial charge in [0.05, 0.1) is 12.5 Å². The molecule has 0 aliphatic carbocycles. The van der Waals surface area contributed by atoms with Crippen molar-refractivity contribution in [2.75, 3.05) is 32.0 Å². The Hall–Kier alpha value is -2.32. The third kappa shape index (κ3) is 6.08. The van der Waals surface area contributed by atoms with Gasteiger partial charge in [0.1, 0.15) is 11.6 Å². The van der Waals surface area contributed by atoms with Crippen molar-refractivity contribution in [1.29, 1.82) is 0 Å². The van der Waals surface area contributed by atoms with Crippen LogP contribution >= 0.6 is 15.9 Å². The van der Waals surface area contributed by atoms with Gasteiger partial charge < -0.3 is 10.2 Å². The number of aromatic nitrogens is 1. The number of amides is 2. The Balaban J connectivity index is 1.52. The Morgan fingerprint density at radius 2 is 2.10 bits per heavy atom. The molecule has 1 aliphatic rings. The van der Waals surface area contributed by atoms with Gasteiger partial charge >= 0.3 is 0 Å². The predicted molar refractivity (Wildman–Crippen MR) is 113 cm³/mol. The van der Waals surface area contributed by atoms with Gasteiger partial charge in [0.2, 0.25) is 11.8 Å². The highest BCUT2D eigenvalue weighted by molar-refractivity contribution is 9.10. The van der Waals surface area contributed by atoms with Crippen molar-refractivity contribution in [2.45, 2.75) is 19.4 Å². The lowest BCUT2D eigenvalue weighted by molar-refractivity contribution is -0.133. The third-order valence-electron chi connectivity index (χ3n) is 5.00. The van der Waals surface area contributed by atoms with E-state index in [4.69, 9.17) is 0 Å². The van der Waals surface area contributed by atoms with E-state index in [1.807, 2.05) is 11.0 Å². The zero-order valence-corrected chi connectivity index (χ0v) is 17.9. The van der Waals surface area contributed by atoms with Crippen molar-refractivity contribution in [2.24, 2.45) is 5.92 Å². The van der Waals surface area contributed by atoms with Gasteiger partial charge in [0.15, 0.2) is 0 Å². The molecule has 2 aromatic rings. The number of pyridine rings is 1. The number of hydrogen-bond acceptors (Lipinski definition) is 4. The molecule has 0 bridgehead atoms. The van der Waals surface area contributed by atoms with Gasteiger partial charge in [-0.25, -0.2) is 9.37 Å². The first-order valence-electron chi connectivity index (χ1n) is 9.54. The monoisotopic (exact) mass is 462 g/mol. The number of piperidine rings is 1. The summed E-state index contributed by atoms with van der Waals surface area (Å²) < 4.78 is 14.7. The fourth-order valence-electron chi connectivity index (χ4n) is 3.37. The van der Waals surface area contributed by atoms with Crippen LogP contribution in [0.15, 0.2) is 47.1 Å². The van der Waals surface area contributed by atoms with E-state index in [9.17, 15) is 14.0 Å². The Bertz CT molecular complexity index is 862. The summed E-state index contributed by atoms with van der Waals surface area (Å²) in [5.74, 6) is -0.182. The number of likely N-dealkylation sites (N-methyl/N-ethyl adjacent to an activating group) is 1. The largest absolute Gasteiger partial charge is 0.340 e. The number of carbonyl (C=O) groups excluding carboxylic acids is 2.